The van der Waals surface area contributed by atoms with Crippen molar-refractivity contribution in [2.75, 3.05) is 47.5 Å². The smallest absolute Gasteiger partial charge is 0.462 e. The van der Waals surface area contributed by atoms with E-state index in [-0.39, 0.29) is 32.0 Å². The predicted molar refractivity (Wildman–Crippen MR) is 417 cm³/mol. The van der Waals surface area contributed by atoms with E-state index in [0.717, 1.165) is 103 Å². The molecule has 0 rings (SSSR count). The van der Waals surface area contributed by atoms with E-state index in [0.29, 0.717) is 17.4 Å². The van der Waals surface area contributed by atoms with Gasteiger partial charge >= 0.3 is 19.8 Å². The van der Waals surface area contributed by atoms with Gasteiger partial charge in [-0.2, -0.15) is 0 Å². The normalized spacial score (nSPS) is 13.8. The summed E-state index contributed by atoms with van der Waals surface area (Å²) < 4.78 is 34.8. The Morgan fingerprint density at radius 3 is 0.833 bits per heavy atom. The number of quaternary nitrogens is 1. The molecule has 10 heteroatoms. The summed E-state index contributed by atoms with van der Waals surface area (Å²) in [7, 11) is 1.48. The summed E-state index contributed by atoms with van der Waals surface area (Å²) in [6.45, 7) is 4.24. The second-order valence-corrected chi connectivity index (χ2v) is 29.1. The highest BCUT2D eigenvalue weighted by Gasteiger charge is 2.27. The first kappa shape index (κ1) is 92.2. The molecule has 0 fully saturated rings. The number of hydrogen-bond acceptors (Lipinski definition) is 7. The van der Waals surface area contributed by atoms with Crippen LogP contribution in [0.2, 0.25) is 0 Å². The number of phosphoric acid groups is 1. The first-order valence-corrected chi connectivity index (χ1v) is 41.4. The van der Waals surface area contributed by atoms with Crippen molar-refractivity contribution in [3.63, 3.8) is 0 Å². The van der Waals surface area contributed by atoms with Crippen molar-refractivity contribution in [1.82, 2.24) is 0 Å². The van der Waals surface area contributed by atoms with E-state index in [4.69, 9.17) is 18.5 Å². The minimum Gasteiger partial charge on any atom is -0.462 e. The van der Waals surface area contributed by atoms with Gasteiger partial charge in [0.25, 0.3) is 0 Å². The van der Waals surface area contributed by atoms with E-state index < -0.39 is 26.5 Å². The Hall–Kier alpha value is -3.85. The van der Waals surface area contributed by atoms with Crippen LogP contribution in [0, 0.1) is 0 Å². The summed E-state index contributed by atoms with van der Waals surface area (Å²) in [6, 6.07) is 0. The van der Waals surface area contributed by atoms with Crippen LogP contribution in [0.5, 0.6) is 0 Å². The maximum absolute atomic E-state index is 12.9. The largest absolute Gasteiger partial charge is 0.472 e. The molecule has 0 amide bonds. The van der Waals surface area contributed by atoms with Gasteiger partial charge in [-0.15, -0.1) is 0 Å². The maximum atomic E-state index is 12.9. The van der Waals surface area contributed by atoms with Crippen molar-refractivity contribution in [1.29, 1.82) is 0 Å². The zero-order valence-corrected chi connectivity index (χ0v) is 64.0. The average Bonchev–Trinajstić information content (AvgIpc) is 2.54. The maximum Gasteiger partial charge on any atom is 0.472 e. The van der Waals surface area contributed by atoms with Crippen LogP contribution < -0.4 is 0 Å². The van der Waals surface area contributed by atoms with E-state index in [1.807, 2.05) is 21.1 Å². The van der Waals surface area contributed by atoms with Gasteiger partial charge in [0.15, 0.2) is 6.10 Å². The quantitative estimate of drug-likeness (QED) is 0.0211. The molecule has 2 unspecified atom stereocenters. The van der Waals surface area contributed by atoms with Gasteiger partial charge in [-0.05, 0) is 109 Å². The molecule has 9 nitrogen and oxygen atoms in total. The van der Waals surface area contributed by atoms with Crippen LogP contribution in [0.4, 0.5) is 0 Å². The Morgan fingerprint density at radius 1 is 0.323 bits per heavy atom. The van der Waals surface area contributed by atoms with E-state index in [2.05, 4.69) is 148 Å². The molecule has 0 aliphatic carbocycles. The van der Waals surface area contributed by atoms with Crippen LogP contribution in [0.25, 0.3) is 0 Å². The third-order valence-electron chi connectivity index (χ3n) is 17.2. The molecule has 552 valence electrons. The van der Waals surface area contributed by atoms with Crippen molar-refractivity contribution in [3.05, 3.63) is 134 Å². The Kier molecular flexibility index (Phi) is 72.3. The number of esters is 2. The van der Waals surface area contributed by atoms with Crippen molar-refractivity contribution in [3.8, 4) is 0 Å². The SMILES string of the molecule is CC/C=C\C/C=C\C/C=C\C/C=C\C/C=C\C/C=C\C/C=C\CCCCCCCCCCCCCCCCCCCCCC(=O)OC(COC(=O)CCCCCCCCCCCCCCCCCCCC/C=C\C/C=C\C/C=C\C/C=C\CC)COP(=O)(O)OCC[N+](C)(C)C. The summed E-state index contributed by atoms with van der Waals surface area (Å²) in [5.74, 6) is -0.785. The van der Waals surface area contributed by atoms with Gasteiger partial charge in [0.05, 0.1) is 27.7 Å². The fourth-order valence-electron chi connectivity index (χ4n) is 11.2. The lowest BCUT2D eigenvalue weighted by molar-refractivity contribution is -0.870. The molecule has 0 aliphatic heterocycles. The minimum atomic E-state index is -4.40. The van der Waals surface area contributed by atoms with Gasteiger partial charge in [0.1, 0.15) is 19.8 Å². The topological polar surface area (TPSA) is 108 Å². The Bertz CT molecular complexity index is 2090. The van der Waals surface area contributed by atoms with E-state index in [1.165, 1.54) is 212 Å². The van der Waals surface area contributed by atoms with E-state index in [1.54, 1.807) is 0 Å². The van der Waals surface area contributed by atoms with Crippen LogP contribution in [0.15, 0.2) is 134 Å². The number of allylic oxidation sites excluding steroid dienone is 22. The molecule has 0 aromatic carbocycles. The molecule has 0 aromatic heterocycles. The number of nitrogens with zero attached hydrogens (tertiary/aromatic N) is 1. The number of rotatable bonds is 73. The summed E-state index contributed by atoms with van der Waals surface area (Å²) in [6.07, 6.45) is 110. The second-order valence-electron chi connectivity index (χ2n) is 27.7. The molecule has 0 saturated heterocycles. The zero-order chi connectivity index (χ0) is 69.7. The van der Waals surface area contributed by atoms with E-state index in [9.17, 15) is 19.0 Å². The van der Waals surface area contributed by atoms with Gasteiger partial charge in [-0.1, -0.05) is 359 Å². The van der Waals surface area contributed by atoms with Gasteiger partial charge in [0, 0.05) is 12.8 Å². The molecular formula is C86H151NO8P+. The standard InChI is InChI=1S/C86H150NO8P/c1-6-8-10-12-14-16-18-20-22-24-26-28-30-32-34-36-38-39-40-41-42-43-44-45-46-47-49-51-53-55-57-59-61-63-65-67-69-71-73-75-77-79-86(89)95-84(83-94-96(90,91)93-81-80-87(3,4)5)82-92-85(88)78-76-74-72-70-68-66-64-62-60-58-56-54-52-50-48-37-35-33-31-29-27-25-23-21-19-17-15-13-11-9-7-2/h8-11,14-17,20-23,26-29,32,34,38-39,41-42,84H,6-7,12-13,18-19,24-25,30-31,33,35-37,40,43-83H2,1-5H3/p+1/b10-8-,11-9-,16-14-,17-15-,22-20-,23-21-,28-26-,29-27-,34-32-,39-38-,42-41-. The molecule has 0 saturated carbocycles. The van der Waals surface area contributed by atoms with Crippen molar-refractivity contribution in [2.45, 2.75) is 354 Å². The van der Waals surface area contributed by atoms with E-state index >= 15 is 0 Å². The third-order valence-corrected chi connectivity index (χ3v) is 18.2. The number of likely N-dealkylation sites (N-methyl/N-ethyl adjacent to an activating group) is 1. The zero-order valence-electron chi connectivity index (χ0n) is 63.1. The Labute approximate surface area is 593 Å². The van der Waals surface area contributed by atoms with Crippen molar-refractivity contribution in [2.24, 2.45) is 0 Å². The number of ether oxygens (including phenoxy) is 2. The molecule has 2 atom stereocenters. The van der Waals surface area contributed by atoms with Crippen LogP contribution in [0.3, 0.4) is 0 Å². The lowest BCUT2D eigenvalue weighted by Crippen LogP contribution is -2.37. The molecule has 1 N–H and O–H groups in total. The molecule has 0 heterocycles. The van der Waals surface area contributed by atoms with Crippen molar-refractivity contribution >= 4 is 19.8 Å². The van der Waals surface area contributed by atoms with Gasteiger partial charge in [-0.25, -0.2) is 4.57 Å². The number of hydrogen-bond donors (Lipinski definition) is 1. The predicted octanol–water partition coefficient (Wildman–Crippen LogP) is 26.7. The Balaban J connectivity index is 3.95. The van der Waals surface area contributed by atoms with Crippen LogP contribution >= 0.6 is 7.82 Å². The fourth-order valence-corrected chi connectivity index (χ4v) is 11.9. The molecule has 96 heavy (non-hydrogen) atoms. The van der Waals surface area contributed by atoms with Crippen LogP contribution in [-0.2, 0) is 32.7 Å². The van der Waals surface area contributed by atoms with Crippen LogP contribution in [0.1, 0.15) is 348 Å². The van der Waals surface area contributed by atoms with Crippen LogP contribution in [-0.4, -0.2) is 74.9 Å². The minimum absolute atomic E-state index is 0.0298. The summed E-state index contributed by atoms with van der Waals surface area (Å²) in [4.78, 5) is 36.0. The Morgan fingerprint density at radius 2 is 0.562 bits per heavy atom. The fraction of sp³-hybridized carbons (Fsp3) is 0.721. The van der Waals surface area contributed by atoms with Crippen molar-refractivity contribution < 1.29 is 42.1 Å². The summed E-state index contributed by atoms with van der Waals surface area (Å²) >= 11 is 0. The van der Waals surface area contributed by atoms with Gasteiger partial charge in [0.2, 0.25) is 0 Å². The highest BCUT2D eigenvalue weighted by atomic mass is 31.2. The number of unbranched alkanes of at least 4 members (excludes halogenated alkanes) is 37. The highest BCUT2D eigenvalue weighted by Crippen LogP contribution is 2.43. The molecular weight excluding hydrogens is 1210 g/mol. The average molecular weight is 1360 g/mol. The lowest BCUT2D eigenvalue weighted by Gasteiger charge is -2.24. The number of carbonyl (C=O) groups excluding carboxylic acids is 2. The lowest BCUT2D eigenvalue weighted by atomic mass is 10.0. The second kappa shape index (κ2) is 75.4. The number of phosphoric ester groups is 1. The molecule has 0 spiro atoms. The third kappa shape index (κ3) is 79.1. The monoisotopic (exact) mass is 1360 g/mol. The number of carbonyl (C=O) groups is 2. The summed E-state index contributed by atoms with van der Waals surface area (Å²) in [5, 5.41) is 0. The first-order valence-electron chi connectivity index (χ1n) is 39.9. The molecule has 0 bridgehead atoms. The molecule has 0 radical (unpaired) electrons. The highest BCUT2D eigenvalue weighted by molar-refractivity contribution is 7.47. The van der Waals surface area contributed by atoms with Gasteiger partial charge < -0.3 is 18.9 Å². The van der Waals surface area contributed by atoms with Gasteiger partial charge in [-0.3, -0.25) is 18.6 Å². The summed E-state index contributed by atoms with van der Waals surface area (Å²) in [5.41, 5.74) is 0. The first-order chi connectivity index (χ1) is 47.0. The molecule has 0 aliphatic rings. The molecule has 0 aromatic rings.